The molecule has 14 heavy (non-hydrogen) atoms. The summed E-state index contributed by atoms with van der Waals surface area (Å²) in [6.07, 6.45) is -4.80. The summed E-state index contributed by atoms with van der Waals surface area (Å²) in [5, 5.41) is 27.9. The van der Waals surface area contributed by atoms with Gasteiger partial charge in [-0.25, -0.2) is 0 Å². The maximum atomic E-state index is 10.2. The van der Waals surface area contributed by atoms with Gasteiger partial charge >= 0.3 is 0 Å². The highest BCUT2D eigenvalue weighted by molar-refractivity contribution is 5.56. The van der Waals surface area contributed by atoms with E-state index in [1.54, 1.807) is 0 Å². The van der Waals surface area contributed by atoms with Crippen LogP contribution in [0.4, 0.5) is 0 Å². The van der Waals surface area contributed by atoms with Crippen molar-refractivity contribution >= 4 is 6.29 Å². The molecular formula is C8H14O6. The maximum Gasteiger partial charge on any atom is 0.151 e. The van der Waals surface area contributed by atoms with E-state index in [1.807, 2.05) is 0 Å². The molecule has 0 saturated carbocycles. The summed E-state index contributed by atoms with van der Waals surface area (Å²) in [4.78, 5) is 10.2. The van der Waals surface area contributed by atoms with Crippen LogP contribution in [0.5, 0.6) is 0 Å². The Morgan fingerprint density at radius 1 is 1.36 bits per heavy atom. The van der Waals surface area contributed by atoms with E-state index in [2.05, 4.69) is 0 Å². The monoisotopic (exact) mass is 206 g/mol. The molecule has 1 fully saturated rings. The first-order valence-corrected chi connectivity index (χ1v) is 4.35. The molecule has 4 atom stereocenters. The zero-order chi connectivity index (χ0) is 10.6. The molecule has 1 aliphatic rings. The molecule has 1 aliphatic heterocycles. The van der Waals surface area contributed by atoms with Crippen LogP contribution >= 0.6 is 0 Å². The molecule has 0 radical (unpaired) electrons. The zero-order valence-corrected chi connectivity index (χ0v) is 7.57. The average Bonchev–Trinajstić information content (AvgIpc) is 2.40. The Balaban J connectivity index is 2.58. The lowest BCUT2D eigenvalue weighted by Crippen LogP contribution is -2.47. The molecule has 3 N–H and O–H groups in total. The van der Waals surface area contributed by atoms with E-state index in [-0.39, 0.29) is 19.5 Å². The summed E-state index contributed by atoms with van der Waals surface area (Å²) in [5.74, 6) is 0. The Morgan fingerprint density at radius 3 is 2.71 bits per heavy atom. The van der Waals surface area contributed by atoms with E-state index in [9.17, 15) is 15.0 Å². The van der Waals surface area contributed by atoms with Gasteiger partial charge in [-0.1, -0.05) is 0 Å². The Labute approximate surface area is 81.1 Å². The molecular weight excluding hydrogens is 192 g/mol. The first-order chi connectivity index (χ1) is 6.66. The molecule has 0 amide bonds. The molecule has 1 heterocycles. The summed E-state index contributed by atoms with van der Waals surface area (Å²) < 4.78 is 10.0. The SMILES string of the molecule is O=C[C@@H](O)[C@@H](O)[C@@H]1OCCOC[C@H]1O. The van der Waals surface area contributed by atoms with E-state index in [1.165, 1.54) is 0 Å². The number of carbonyl (C=O) groups is 1. The third-order valence-electron chi connectivity index (χ3n) is 2.03. The minimum Gasteiger partial charge on any atom is -0.388 e. The lowest BCUT2D eigenvalue weighted by atomic mass is 10.0. The Morgan fingerprint density at radius 2 is 2.07 bits per heavy atom. The van der Waals surface area contributed by atoms with Crippen molar-refractivity contribution in [3.05, 3.63) is 0 Å². The van der Waals surface area contributed by atoms with Gasteiger partial charge in [-0.15, -0.1) is 0 Å². The van der Waals surface area contributed by atoms with Crippen molar-refractivity contribution < 1.29 is 29.6 Å². The number of aliphatic hydroxyl groups is 3. The molecule has 6 heteroatoms. The van der Waals surface area contributed by atoms with Crippen molar-refractivity contribution in [1.29, 1.82) is 0 Å². The van der Waals surface area contributed by atoms with Crippen LogP contribution in [-0.2, 0) is 14.3 Å². The summed E-state index contributed by atoms with van der Waals surface area (Å²) >= 11 is 0. The van der Waals surface area contributed by atoms with Gasteiger partial charge in [-0.05, 0) is 0 Å². The lowest BCUT2D eigenvalue weighted by molar-refractivity contribution is -0.140. The number of ether oxygens (including phenoxy) is 2. The van der Waals surface area contributed by atoms with Gasteiger partial charge in [0.1, 0.15) is 24.4 Å². The first-order valence-electron chi connectivity index (χ1n) is 4.35. The van der Waals surface area contributed by atoms with Crippen molar-refractivity contribution in [2.45, 2.75) is 24.4 Å². The summed E-state index contributed by atoms with van der Waals surface area (Å²) in [7, 11) is 0. The predicted octanol–water partition coefficient (Wildman–Crippen LogP) is -2.32. The molecule has 0 spiro atoms. The fourth-order valence-electron chi connectivity index (χ4n) is 1.25. The molecule has 0 aromatic rings. The normalized spacial score (nSPS) is 33.1. The van der Waals surface area contributed by atoms with Crippen LogP contribution < -0.4 is 0 Å². The Bertz CT molecular complexity index is 185. The van der Waals surface area contributed by atoms with Gasteiger partial charge in [0, 0.05) is 0 Å². The lowest BCUT2D eigenvalue weighted by Gasteiger charge is -2.25. The summed E-state index contributed by atoms with van der Waals surface area (Å²) in [6.45, 7) is 0.551. The van der Waals surface area contributed by atoms with Gasteiger partial charge in [-0.3, -0.25) is 0 Å². The van der Waals surface area contributed by atoms with Gasteiger partial charge < -0.3 is 29.6 Å². The van der Waals surface area contributed by atoms with E-state index >= 15 is 0 Å². The van der Waals surface area contributed by atoms with Crippen LogP contribution in [0.25, 0.3) is 0 Å². The number of hydrogen-bond donors (Lipinski definition) is 3. The maximum absolute atomic E-state index is 10.2. The fourth-order valence-corrected chi connectivity index (χ4v) is 1.25. The Kier molecular flexibility index (Phi) is 4.43. The van der Waals surface area contributed by atoms with Crippen LogP contribution in [0.1, 0.15) is 0 Å². The third kappa shape index (κ3) is 2.73. The summed E-state index contributed by atoms with van der Waals surface area (Å²) in [5.41, 5.74) is 0. The van der Waals surface area contributed by atoms with Crippen molar-refractivity contribution in [3.8, 4) is 0 Å². The van der Waals surface area contributed by atoms with Crippen molar-refractivity contribution in [1.82, 2.24) is 0 Å². The molecule has 1 saturated heterocycles. The molecule has 6 nitrogen and oxygen atoms in total. The average molecular weight is 206 g/mol. The zero-order valence-electron chi connectivity index (χ0n) is 7.57. The van der Waals surface area contributed by atoms with Gasteiger partial charge in [0.05, 0.1) is 19.8 Å². The number of aldehydes is 1. The summed E-state index contributed by atoms with van der Waals surface area (Å²) in [6, 6.07) is 0. The molecule has 0 aliphatic carbocycles. The standard InChI is InChI=1S/C8H14O6/c9-3-5(10)7(12)8-6(11)4-13-1-2-14-8/h3,5-8,10-12H,1-2,4H2/t5-,6-,7-,8-/m1/s1. The highest BCUT2D eigenvalue weighted by atomic mass is 16.6. The number of aliphatic hydroxyl groups excluding tert-OH is 3. The highest BCUT2D eigenvalue weighted by Crippen LogP contribution is 2.11. The third-order valence-corrected chi connectivity index (χ3v) is 2.03. The van der Waals surface area contributed by atoms with Gasteiger partial charge in [0.2, 0.25) is 0 Å². The van der Waals surface area contributed by atoms with Crippen LogP contribution in [0.3, 0.4) is 0 Å². The Hall–Kier alpha value is -0.530. The van der Waals surface area contributed by atoms with Crippen LogP contribution in [-0.4, -0.2) is 65.8 Å². The number of rotatable bonds is 3. The predicted molar refractivity (Wildman–Crippen MR) is 44.6 cm³/mol. The fraction of sp³-hybridized carbons (Fsp3) is 0.875. The molecule has 0 unspecified atom stereocenters. The molecule has 0 bridgehead atoms. The van der Waals surface area contributed by atoms with E-state index in [0.29, 0.717) is 6.61 Å². The topological polar surface area (TPSA) is 96.2 Å². The van der Waals surface area contributed by atoms with Crippen LogP contribution in [0, 0.1) is 0 Å². The molecule has 0 aromatic carbocycles. The van der Waals surface area contributed by atoms with Crippen molar-refractivity contribution in [2.75, 3.05) is 19.8 Å². The smallest absolute Gasteiger partial charge is 0.151 e. The second kappa shape index (κ2) is 5.38. The van der Waals surface area contributed by atoms with Crippen molar-refractivity contribution in [2.24, 2.45) is 0 Å². The van der Waals surface area contributed by atoms with Gasteiger partial charge in [0.15, 0.2) is 6.29 Å². The van der Waals surface area contributed by atoms with Crippen molar-refractivity contribution in [3.63, 3.8) is 0 Å². The van der Waals surface area contributed by atoms with E-state index < -0.39 is 24.4 Å². The van der Waals surface area contributed by atoms with Gasteiger partial charge in [0.25, 0.3) is 0 Å². The minimum atomic E-state index is -1.55. The van der Waals surface area contributed by atoms with Gasteiger partial charge in [-0.2, -0.15) is 0 Å². The second-order valence-corrected chi connectivity index (χ2v) is 3.09. The molecule has 1 rings (SSSR count). The quantitative estimate of drug-likeness (QED) is 0.449. The van der Waals surface area contributed by atoms with E-state index in [0.717, 1.165) is 0 Å². The minimum absolute atomic E-state index is 0.0211. The van der Waals surface area contributed by atoms with Crippen LogP contribution in [0.15, 0.2) is 0 Å². The molecule has 82 valence electrons. The molecule has 0 aromatic heterocycles. The second-order valence-electron chi connectivity index (χ2n) is 3.09. The largest absolute Gasteiger partial charge is 0.388 e. The number of hydrogen-bond acceptors (Lipinski definition) is 6. The van der Waals surface area contributed by atoms with Crippen LogP contribution in [0.2, 0.25) is 0 Å². The highest BCUT2D eigenvalue weighted by Gasteiger charge is 2.34. The first kappa shape index (κ1) is 11.5. The number of carbonyl (C=O) groups excluding carboxylic acids is 1. The van der Waals surface area contributed by atoms with E-state index in [4.69, 9.17) is 14.6 Å².